The lowest BCUT2D eigenvalue weighted by Crippen LogP contribution is -2.33. The molecule has 0 saturated carbocycles. The Morgan fingerprint density at radius 3 is 2.46 bits per heavy atom. The summed E-state index contributed by atoms with van der Waals surface area (Å²) in [7, 11) is 1.41. The summed E-state index contributed by atoms with van der Waals surface area (Å²) in [6.45, 7) is 6.19. The fraction of sp³-hybridized carbons (Fsp3) is 0.526. The molecule has 2 unspecified atom stereocenters. The first kappa shape index (κ1) is 18.9. The second kappa shape index (κ2) is 8.68. The zero-order valence-corrected chi connectivity index (χ0v) is 16.4. The van der Waals surface area contributed by atoms with Crippen LogP contribution in [0.5, 0.6) is 0 Å². The second-order valence-corrected chi connectivity index (χ2v) is 7.88. The quantitative estimate of drug-likeness (QED) is 0.570. The molecule has 1 aliphatic heterocycles. The average Bonchev–Trinajstić information content (AvgIpc) is 3.11. The second-order valence-electron chi connectivity index (χ2n) is 6.57. The van der Waals surface area contributed by atoms with Gasteiger partial charge >= 0.3 is 5.97 Å². The van der Waals surface area contributed by atoms with E-state index < -0.39 is 0 Å². The number of piperidine rings is 1. The molecule has 2 aromatic rings. The van der Waals surface area contributed by atoms with Gasteiger partial charge in [0.1, 0.15) is 5.25 Å². The summed E-state index contributed by atoms with van der Waals surface area (Å²) in [5, 5.41) is 9.28. The molecule has 1 saturated heterocycles. The predicted molar refractivity (Wildman–Crippen MR) is 103 cm³/mol. The highest BCUT2D eigenvalue weighted by molar-refractivity contribution is 8.00. The third kappa shape index (κ3) is 4.10. The first-order valence-corrected chi connectivity index (χ1v) is 9.99. The lowest BCUT2D eigenvalue weighted by molar-refractivity contribution is -0.139. The summed E-state index contributed by atoms with van der Waals surface area (Å²) in [6.07, 6.45) is 3.75. The molecule has 0 N–H and O–H groups in total. The van der Waals surface area contributed by atoms with Gasteiger partial charge in [0.2, 0.25) is 0 Å². The van der Waals surface area contributed by atoms with Crippen molar-refractivity contribution < 1.29 is 9.53 Å². The van der Waals surface area contributed by atoms with Crippen LogP contribution in [0, 0.1) is 0 Å². The Morgan fingerprint density at radius 2 is 1.81 bits per heavy atom. The van der Waals surface area contributed by atoms with Gasteiger partial charge in [-0.15, -0.1) is 10.2 Å². The van der Waals surface area contributed by atoms with Gasteiger partial charge in [0.15, 0.2) is 11.0 Å². The number of nitrogens with zero attached hydrogens (tertiary/aromatic N) is 4. The molecule has 1 aromatic heterocycles. The number of para-hydroxylation sites is 1. The maximum atomic E-state index is 11.8. The summed E-state index contributed by atoms with van der Waals surface area (Å²) in [6, 6.07) is 10.3. The van der Waals surface area contributed by atoms with Crippen molar-refractivity contribution >= 4 is 17.7 Å². The molecule has 1 aliphatic rings. The Kier molecular flexibility index (Phi) is 6.32. The van der Waals surface area contributed by atoms with E-state index in [1.54, 1.807) is 0 Å². The Bertz CT molecular complexity index is 728. The van der Waals surface area contributed by atoms with Crippen LogP contribution in [-0.4, -0.2) is 51.1 Å². The third-order valence-electron chi connectivity index (χ3n) is 4.80. The molecular formula is C19H26N4O2S. The first-order chi connectivity index (χ1) is 12.6. The average molecular weight is 375 g/mol. The van der Waals surface area contributed by atoms with E-state index in [0.29, 0.717) is 5.16 Å². The van der Waals surface area contributed by atoms with Gasteiger partial charge in [-0.05, 0) is 51.9 Å². The molecule has 0 amide bonds. The normalized spacial score (nSPS) is 17.7. The van der Waals surface area contributed by atoms with Crippen LogP contribution in [0.3, 0.4) is 0 Å². The number of hydrogen-bond acceptors (Lipinski definition) is 6. The van der Waals surface area contributed by atoms with Crippen LogP contribution in [0.1, 0.15) is 45.0 Å². The third-order valence-corrected chi connectivity index (χ3v) is 5.82. The number of likely N-dealkylation sites (tertiary alicyclic amines) is 1. The smallest absolute Gasteiger partial charge is 0.318 e. The number of rotatable bonds is 6. The van der Waals surface area contributed by atoms with E-state index in [1.165, 1.54) is 38.1 Å². The largest absolute Gasteiger partial charge is 0.468 e. The zero-order valence-electron chi connectivity index (χ0n) is 15.6. The molecule has 0 aliphatic carbocycles. The van der Waals surface area contributed by atoms with Gasteiger partial charge in [0.25, 0.3) is 0 Å². The Morgan fingerprint density at radius 1 is 1.12 bits per heavy atom. The van der Waals surface area contributed by atoms with Crippen LogP contribution in [0.4, 0.5) is 0 Å². The van der Waals surface area contributed by atoms with Crippen molar-refractivity contribution in [1.82, 2.24) is 19.7 Å². The standard InChI is InChI=1S/C19H26N4O2S/c1-14(22-12-8-5-9-13-22)17-20-21-19(26-15(2)18(24)25-3)23(17)16-10-6-4-7-11-16/h4,6-7,10-11,14-15H,5,8-9,12-13H2,1-3H3. The van der Waals surface area contributed by atoms with Gasteiger partial charge in [0, 0.05) is 5.69 Å². The Labute approximate surface area is 158 Å². The van der Waals surface area contributed by atoms with E-state index in [0.717, 1.165) is 24.6 Å². The highest BCUT2D eigenvalue weighted by Gasteiger charge is 2.27. The van der Waals surface area contributed by atoms with Crippen molar-refractivity contribution in [2.75, 3.05) is 20.2 Å². The van der Waals surface area contributed by atoms with Crippen molar-refractivity contribution in [3.8, 4) is 5.69 Å². The van der Waals surface area contributed by atoms with E-state index >= 15 is 0 Å². The highest BCUT2D eigenvalue weighted by Crippen LogP contribution is 2.31. The minimum absolute atomic E-state index is 0.172. The van der Waals surface area contributed by atoms with Crippen LogP contribution < -0.4 is 0 Å². The number of benzene rings is 1. The van der Waals surface area contributed by atoms with Crippen LogP contribution in [0.2, 0.25) is 0 Å². The number of carbonyl (C=O) groups is 1. The summed E-state index contributed by atoms with van der Waals surface area (Å²) in [5.41, 5.74) is 1.01. The molecule has 7 heteroatoms. The number of ether oxygens (including phenoxy) is 1. The summed E-state index contributed by atoms with van der Waals surface area (Å²) >= 11 is 1.38. The van der Waals surface area contributed by atoms with Gasteiger partial charge in [-0.1, -0.05) is 36.4 Å². The number of thioether (sulfide) groups is 1. The molecule has 26 heavy (non-hydrogen) atoms. The van der Waals surface area contributed by atoms with Crippen molar-refractivity contribution in [2.24, 2.45) is 0 Å². The predicted octanol–water partition coefficient (Wildman–Crippen LogP) is 3.47. The van der Waals surface area contributed by atoms with Crippen LogP contribution in [0.25, 0.3) is 5.69 Å². The van der Waals surface area contributed by atoms with E-state index in [1.807, 2.05) is 37.3 Å². The molecule has 0 radical (unpaired) electrons. The van der Waals surface area contributed by atoms with Gasteiger partial charge < -0.3 is 4.74 Å². The van der Waals surface area contributed by atoms with Gasteiger partial charge in [0.05, 0.1) is 13.2 Å². The first-order valence-electron chi connectivity index (χ1n) is 9.11. The Balaban J connectivity index is 1.95. The summed E-state index contributed by atoms with van der Waals surface area (Å²) < 4.78 is 6.93. The van der Waals surface area contributed by atoms with E-state index in [9.17, 15) is 4.79 Å². The van der Waals surface area contributed by atoms with E-state index in [4.69, 9.17) is 4.74 Å². The van der Waals surface area contributed by atoms with Crippen LogP contribution >= 0.6 is 11.8 Å². The molecule has 0 spiro atoms. The van der Waals surface area contributed by atoms with Crippen molar-refractivity contribution in [1.29, 1.82) is 0 Å². The number of methoxy groups -OCH3 is 1. The molecule has 2 heterocycles. The van der Waals surface area contributed by atoms with Crippen molar-refractivity contribution in [3.05, 3.63) is 36.2 Å². The lowest BCUT2D eigenvalue weighted by Gasteiger charge is -2.31. The molecular weight excluding hydrogens is 348 g/mol. The molecule has 140 valence electrons. The summed E-state index contributed by atoms with van der Waals surface area (Å²) in [4.78, 5) is 14.3. The fourth-order valence-corrected chi connectivity index (χ4v) is 4.19. The summed E-state index contributed by atoms with van der Waals surface area (Å²) in [5.74, 6) is 0.654. The minimum Gasteiger partial charge on any atom is -0.468 e. The topological polar surface area (TPSA) is 60.2 Å². The number of hydrogen-bond donors (Lipinski definition) is 0. The number of carbonyl (C=O) groups excluding carboxylic acids is 1. The maximum Gasteiger partial charge on any atom is 0.318 e. The maximum absolute atomic E-state index is 11.8. The molecule has 3 rings (SSSR count). The molecule has 6 nitrogen and oxygen atoms in total. The minimum atomic E-state index is -0.343. The van der Waals surface area contributed by atoms with Gasteiger partial charge in [-0.2, -0.15) is 0 Å². The molecule has 2 atom stereocenters. The monoisotopic (exact) mass is 374 g/mol. The fourth-order valence-electron chi connectivity index (χ4n) is 3.29. The lowest BCUT2D eigenvalue weighted by atomic mass is 10.1. The SMILES string of the molecule is COC(=O)C(C)Sc1nnc(C(C)N2CCCCC2)n1-c1ccccc1. The molecule has 0 bridgehead atoms. The number of esters is 1. The van der Waals surface area contributed by atoms with E-state index in [-0.39, 0.29) is 17.3 Å². The zero-order chi connectivity index (χ0) is 18.5. The molecule has 1 fully saturated rings. The highest BCUT2D eigenvalue weighted by atomic mass is 32.2. The van der Waals surface area contributed by atoms with Crippen molar-refractivity contribution in [2.45, 2.75) is 49.6 Å². The van der Waals surface area contributed by atoms with Crippen LogP contribution in [0.15, 0.2) is 35.5 Å². The number of aromatic nitrogens is 3. The van der Waals surface area contributed by atoms with E-state index in [2.05, 4.69) is 26.6 Å². The molecule has 1 aromatic carbocycles. The van der Waals surface area contributed by atoms with Gasteiger partial charge in [-0.25, -0.2) is 0 Å². The van der Waals surface area contributed by atoms with Crippen molar-refractivity contribution in [3.63, 3.8) is 0 Å². The van der Waals surface area contributed by atoms with Crippen LogP contribution in [-0.2, 0) is 9.53 Å². The Hall–Kier alpha value is -1.86. The van der Waals surface area contributed by atoms with Gasteiger partial charge in [-0.3, -0.25) is 14.3 Å².